The number of para-hydroxylation sites is 1. The smallest absolute Gasteiger partial charge is 0.236 e. The molecule has 1 aliphatic rings. The van der Waals surface area contributed by atoms with E-state index in [1.807, 2.05) is 30.5 Å². The number of thioether (sulfide) groups is 1. The maximum atomic E-state index is 12.3. The van der Waals surface area contributed by atoms with Gasteiger partial charge in [0.25, 0.3) is 0 Å². The van der Waals surface area contributed by atoms with Gasteiger partial charge in [-0.05, 0) is 44.7 Å². The van der Waals surface area contributed by atoms with Crippen molar-refractivity contribution < 1.29 is 4.79 Å². The Bertz CT molecular complexity index is 917. The van der Waals surface area contributed by atoms with Crippen molar-refractivity contribution in [3.05, 3.63) is 52.8 Å². The molecule has 0 aliphatic heterocycles. The highest BCUT2D eigenvalue weighted by Gasteiger charge is 2.21. The molecule has 26 heavy (non-hydrogen) atoms. The molecule has 2 heterocycles. The summed E-state index contributed by atoms with van der Waals surface area (Å²) in [4.78, 5) is 21.4. The summed E-state index contributed by atoms with van der Waals surface area (Å²) in [5.41, 5.74) is 4.51. The van der Waals surface area contributed by atoms with Crippen LogP contribution in [0.2, 0.25) is 0 Å². The number of carbonyl (C=O) groups excluding carboxylic acids is 1. The van der Waals surface area contributed by atoms with E-state index in [1.54, 1.807) is 0 Å². The molecule has 5 nitrogen and oxygen atoms in total. The standard InChI is InChI=1S/C19H20N4OS2/c1-13-11-25-18(20-13)22-17(24)12-26-19-21-15-9-5-6-10-16(15)23(19)14-7-3-2-4-8-14/h2-4,7-8,11H,5-6,9-10,12H2,1H3,(H,20,22,24). The van der Waals surface area contributed by atoms with Gasteiger partial charge in [-0.15, -0.1) is 11.3 Å². The summed E-state index contributed by atoms with van der Waals surface area (Å²) in [6, 6.07) is 10.3. The van der Waals surface area contributed by atoms with Gasteiger partial charge >= 0.3 is 0 Å². The number of thiazole rings is 1. The van der Waals surface area contributed by atoms with Crippen LogP contribution >= 0.6 is 23.1 Å². The molecule has 0 spiro atoms. The zero-order valence-corrected chi connectivity index (χ0v) is 16.2. The third kappa shape index (κ3) is 3.68. The van der Waals surface area contributed by atoms with Crippen molar-refractivity contribution in [3.63, 3.8) is 0 Å². The Hall–Kier alpha value is -2.12. The van der Waals surface area contributed by atoms with Crippen LogP contribution in [-0.2, 0) is 17.6 Å². The lowest BCUT2D eigenvalue weighted by Crippen LogP contribution is -2.14. The molecule has 0 bridgehead atoms. The van der Waals surface area contributed by atoms with E-state index < -0.39 is 0 Å². The molecule has 0 radical (unpaired) electrons. The second-order valence-electron chi connectivity index (χ2n) is 6.30. The molecule has 4 rings (SSSR count). The number of nitrogens with one attached hydrogen (secondary N) is 1. The first kappa shape index (κ1) is 17.3. The fourth-order valence-electron chi connectivity index (χ4n) is 3.15. The normalized spacial score (nSPS) is 13.4. The van der Waals surface area contributed by atoms with Gasteiger partial charge in [-0.2, -0.15) is 0 Å². The minimum absolute atomic E-state index is 0.0510. The van der Waals surface area contributed by atoms with E-state index >= 15 is 0 Å². The van der Waals surface area contributed by atoms with Crippen molar-refractivity contribution >= 4 is 34.1 Å². The molecule has 1 N–H and O–H groups in total. The molecule has 0 unspecified atom stereocenters. The van der Waals surface area contributed by atoms with E-state index in [0.29, 0.717) is 10.9 Å². The van der Waals surface area contributed by atoms with Crippen LogP contribution in [0.25, 0.3) is 5.69 Å². The maximum absolute atomic E-state index is 12.3. The van der Waals surface area contributed by atoms with Crippen LogP contribution in [0, 0.1) is 6.92 Å². The first-order valence-corrected chi connectivity index (χ1v) is 10.6. The molecular formula is C19H20N4OS2. The zero-order valence-electron chi connectivity index (χ0n) is 14.6. The Labute approximate surface area is 160 Å². The summed E-state index contributed by atoms with van der Waals surface area (Å²) in [5.74, 6) is 0.270. The van der Waals surface area contributed by atoms with Crippen LogP contribution in [0.3, 0.4) is 0 Å². The molecule has 0 saturated carbocycles. The SMILES string of the molecule is Cc1csc(NC(=O)CSc2nc3c(n2-c2ccccc2)CCCC3)n1. The van der Waals surface area contributed by atoms with Gasteiger partial charge in [0.15, 0.2) is 10.3 Å². The van der Waals surface area contributed by atoms with Gasteiger partial charge in [-0.3, -0.25) is 9.36 Å². The Balaban J connectivity index is 1.54. The number of amides is 1. The minimum Gasteiger partial charge on any atom is -0.301 e. The van der Waals surface area contributed by atoms with E-state index in [-0.39, 0.29) is 5.91 Å². The largest absolute Gasteiger partial charge is 0.301 e. The van der Waals surface area contributed by atoms with Gasteiger partial charge in [0.2, 0.25) is 5.91 Å². The van der Waals surface area contributed by atoms with Crippen LogP contribution in [0.15, 0.2) is 40.9 Å². The van der Waals surface area contributed by atoms with E-state index in [9.17, 15) is 4.79 Å². The molecule has 1 aliphatic carbocycles. The quantitative estimate of drug-likeness (QED) is 0.668. The van der Waals surface area contributed by atoms with E-state index in [4.69, 9.17) is 4.98 Å². The first-order chi connectivity index (χ1) is 12.7. The lowest BCUT2D eigenvalue weighted by atomic mass is 10.0. The first-order valence-electron chi connectivity index (χ1n) is 8.71. The third-order valence-corrected chi connectivity index (χ3v) is 6.13. The molecule has 134 valence electrons. The molecule has 0 atom stereocenters. The topological polar surface area (TPSA) is 59.8 Å². The molecule has 0 fully saturated rings. The summed E-state index contributed by atoms with van der Waals surface area (Å²) in [6.07, 6.45) is 4.45. The second kappa shape index (κ2) is 7.63. The Kier molecular flexibility index (Phi) is 5.08. The minimum atomic E-state index is -0.0510. The molecular weight excluding hydrogens is 364 g/mol. The predicted octanol–water partition coefficient (Wildman–Crippen LogP) is 4.25. The number of nitrogens with zero attached hydrogens (tertiary/aromatic N) is 3. The zero-order chi connectivity index (χ0) is 17.9. The molecule has 3 aromatic rings. The highest BCUT2D eigenvalue weighted by Crippen LogP contribution is 2.30. The summed E-state index contributed by atoms with van der Waals surface area (Å²) < 4.78 is 2.22. The number of anilines is 1. The fourth-order valence-corrected chi connectivity index (χ4v) is 4.71. The van der Waals surface area contributed by atoms with E-state index in [0.717, 1.165) is 29.4 Å². The summed E-state index contributed by atoms with van der Waals surface area (Å²) in [5, 5.41) is 6.34. The van der Waals surface area contributed by atoms with Crippen molar-refractivity contribution in [1.82, 2.24) is 14.5 Å². The number of fused-ring (bicyclic) bond motifs is 1. The van der Waals surface area contributed by atoms with E-state index in [1.165, 1.54) is 47.3 Å². The Morgan fingerprint density at radius 3 is 2.81 bits per heavy atom. The van der Waals surface area contributed by atoms with Crippen LogP contribution in [0.4, 0.5) is 5.13 Å². The van der Waals surface area contributed by atoms with Crippen molar-refractivity contribution in [3.8, 4) is 5.69 Å². The highest BCUT2D eigenvalue weighted by molar-refractivity contribution is 7.99. The predicted molar refractivity (Wildman–Crippen MR) is 106 cm³/mol. The van der Waals surface area contributed by atoms with Gasteiger partial charge in [-0.25, -0.2) is 9.97 Å². The maximum Gasteiger partial charge on any atom is 0.236 e. The van der Waals surface area contributed by atoms with Crippen molar-refractivity contribution in [2.45, 2.75) is 37.8 Å². The van der Waals surface area contributed by atoms with Crippen LogP contribution in [0.5, 0.6) is 0 Å². The van der Waals surface area contributed by atoms with Crippen LogP contribution < -0.4 is 5.32 Å². The number of aromatic nitrogens is 3. The second-order valence-corrected chi connectivity index (χ2v) is 8.10. The number of rotatable bonds is 5. The van der Waals surface area contributed by atoms with Crippen molar-refractivity contribution in [1.29, 1.82) is 0 Å². The monoisotopic (exact) mass is 384 g/mol. The van der Waals surface area contributed by atoms with Gasteiger partial charge < -0.3 is 5.32 Å². The number of hydrogen-bond acceptors (Lipinski definition) is 5. The van der Waals surface area contributed by atoms with Gasteiger partial charge in [-0.1, -0.05) is 30.0 Å². The lowest BCUT2D eigenvalue weighted by Gasteiger charge is -2.15. The average Bonchev–Trinajstić information content (AvgIpc) is 3.23. The number of benzene rings is 1. The number of imidazole rings is 1. The highest BCUT2D eigenvalue weighted by atomic mass is 32.2. The molecule has 0 saturated heterocycles. The van der Waals surface area contributed by atoms with Crippen LogP contribution in [-0.4, -0.2) is 26.2 Å². The molecule has 1 amide bonds. The van der Waals surface area contributed by atoms with Gasteiger partial charge in [0, 0.05) is 16.8 Å². The molecule has 2 aromatic heterocycles. The Morgan fingerprint density at radius 1 is 1.23 bits per heavy atom. The third-order valence-electron chi connectivity index (χ3n) is 4.31. The number of aryl methyl sites for hydroxylation is 2. The fraction of sp³-hybridized carbons (Fsp3) is 0.316. The summed E-state index contributed by atoms with van der Waals surface area (Å²) in [7, 11) is 0. The van der Waals surface area contributed by atoms with Crippen molar-refractivity contribution in [2.75, 3.05) is 11.1 Å². The molecule has 1 aromatic carbocycles. The molecule has 7 heteroatoms. The Morgan fingerprint density at radius 2 is 2.04 bits per heavy atom. The van der Waals surface area contributed by atoms with E-state index in [2.05, 4.69) is 27.0 Å². The number of carbonyl (C=O) groups is 1. The van der Waals surface area contributed by atoms with Crippen molar-refractivity contribution in [2.24, 2.45) is 0 Å². The summed E-state index contributed by atoms with van der Waals surface area (Å²) >= 11 is 2.93. The lowest BCUT2D eigenvalue weighted by molar-refractivity contribution is -0.113. The van der Waals surface area contributed by atoms with Gasteiger partial charge in [0.1, 0.15) is 0 Å². The van der Waals surface area contributed by atoms with Crippen LogP contribution in [0.1, 0.15) is 29.9 Å². The summed E-state index contributed by atoms with van der Waals surface area (Å²) in [6.45, 7) is 1.92. The number of hydrogen-bond donors (Lipinski definition) is 1. The average molecular weight is 385 g/mol. The van der Waals surface area contributed by atoms with Gasteiger partial charge in [0.05, 0.1) is 17.1 Å².